The Balaban J connectivity index is 2.10. The summed E-state index contributed by atoms with van der Waals surface area (Å²) in [5.41, 5.74) is 9.05. The third-order valence-corrected chi connectivity index (χ3v) is 4.30. The maximum atomic E-state index is 12.3. The van der Waals surface area contributed by atoms with Gasteiger partial charge in [-0.2, -0.15) is 0 Å². The summed E-state index contributed by atoms with van der Waals surface area (Å²) in [5, 5.41) is 5.47. The number of rotatable bonds is 5. The van der Waals surface area contributed by atoms with Gasteiger partial charge in [0.2, 0.25) is 5.91 Å². The highest BCUT2D eigenvalue weighted by atomic mass is 79.9. The summed E-state index contributed by atoms with van der Waals surface area (Å²) in [6.07, 6.45) is 0.0947. The molecule has 126 valence electrons. The molecule has 0 aromatic heterocycles. The molecule has 0 saturated carbocycles. The molecular formula is C18H20BrN3O2. The van der Waals surface area contributed by atoms with E-state index in [0.717, 1.165) is 26.9 Å². The van der Waals surface area contributed by atoms with Crippen molar-refractivity contribution in [2.75, 3.05) is 5.32 Å². The maximum absolute atomic E-state index is 12.3. The van der Waals surface area contributed by atoms with E-state index in [9.17, 15) is 9.59 Å². The molecule has 1 atom stereocenters. The molecule has 0 bridgehead atoms. The number of aryl methyl sites for hydroxylation is 2. The van der Waals surface area contributed by atoms with Gasteiger partial charge in [0.05, 0.1) is 12.5 Å². The van der Waals surface area contributed by atoms with Crippen LogP contribution in [0.1, 0.15) is 29.2 Å². The minimum atomic E-state index is -0.665. The summed E-state index contributed by atoms with van der Waals surface area (Å²) in [4.78, 5) is 23.6. The molecule has 3 amide bonds. The van der Waals surface area contributed by atoms with Gasteiger partial charge in [-0.15, -0.1) is 0 Å². The van der Waals surface area contributed by atoms with Crippen molar-refractivity contribution in [2.45, 2.75) is 26.3 Å². The van der Waals surface area contributed by atoms with Gasteiger partial charge in [0, 0.05) is 10.2 Å². The number of carbonyl (C=O) groups is 2. The van der Waals surface area contributed by atoms with Crippen molar-refractivity contribution in [2.24, 2.45) is 5.73 Å². The third kappa shape index (κ3) is 5.09. The zero-order valence-electron chi connectivity index (χ0n) is 13.6. The second-order valence-electron chi connectivity index (χ2n) is 5.66. The first-order valence-electron chi connectivity index (χ1n) is 7.53. The number of urea groups is 1. The molecule has 6 heteroatoms. The van der Waals surface area contributed by atoms with Crippen LogP contribution in [0, 0.1) is 13.8 Å². The van der Waals surface area contributed by atoms with Crippen LogP contribution < -0.4 is 16.4 Å². The molecule has 24 heavy (non-hydrogen) atoms. The summed E-state index contributed by atoms with van der Waals surface area (Å²) in [7, 11) is 0. The highest BCUT2D eigenvalue weighted by Crippen LogP contribution is 2.21. The van der Waals surface area contributed by atoms with E-state index in [1.165, 1.54) is 0 Å². The van der Waals surface area contributed by atoms with Crippen molar-refractivity contribution in [3.63, 3.8) is 0 Å². The lowest BCUT2D eigenvalue weighted by atomic mass is 10.0. The summed E-state index contributed by atoms with van der Waals surface area (Å²) in [6, 6.07) is 12.0. The van der Waals surface area contributed by atoms with Crippen LogP contribution in [-0.4, -0.2) is 11.9 Å². The number of amides is 3. The van der Waals surface area contributed by atoms with Crippen LogP contribution in [-0.2, 0) is 4.79 Å². The maximum Gasteiger partial charge on any atom is 0.312 e. The van der Waals surface area contributed by atoms with Gasteiger partial charge in [-0.05, 0) is 54.8 Å². The molecule has 2 aromatic rings. The molecule has 2 aromatic carbocycles. The van der Waals surface area contributed by atoms with E-state index in [-0.39, 0.29) is 12.3 Å². The Labute approximate surface area is 149 Å². The highest BCUT2D eigenvalue weighted by Gasteiger charge is 2.17. The standard InChI is InChI=1S/C18H20BrN3O2/c1-11-3-8-15(9-12(11)2)21-17(23)10-16(22-18(20)24)13-4-6-14(19)7-5-13/h3-9,16H,10H2,1-2H3,(H,21,23)(H3,20,22,24). The summed E-state index contributed by atoms with van der Waals surface area (Å²) in [6.45, 7) is 4.01. The molecule has 0 fully saturated rings. The second-order valence-corrected chi connectivity index (χ2v) is 6.58. The van der Waals surface area contributed by atoms with Gasteiger partial charge in [0.15, 0.2) is 0 Å². The molecule has 0 radical (unpaired) electrons. The second kappa shape index (κ2) is 7.97. The van der Waals surface area contributed by atoms with Gasteiger partial charge in [-0.25, -0.2) is 4.79 Å². The lowest BCUT2D eigenvalue weighted by Crippen LogP contribution is -2.35. The van der Waals surface area contributed by atoms with Gasteiger partial charge in [0.25, 0.3) is 0 Å². The molecular weight excluding hydrogens is 370 g/mol. The number of benzene rings is 2. The number of carbonyl (C=O) groups excluding carboxylic acids is 2. The molecule has 1 unspecified atom stereocenters. The molecule has 5 nitrogen and oxygen atoms in total. The van der Waals surface area contributed by atoms with E-state index in [4.69, 9.17) is 5.73 Å². The Morgan fingerprint density at radius 2 is 1.75 bits per heavy atom. The zero-order chi connectivity index (χ0) is 17.7. The molecule has 0 spiro atoms. The Morgan fingerprint density at radius 3 is 2.33 bits per heavy atom. The fraction of sp³-hybridized carbons (Fsp3) is 0.222. The van der Waals surface area contributed by atoms with E-state index in [1.54, 1.807) is 0 Å². The number of anilines is 1. The van der Waals surface area contributed by atoms with Crippen molar-refractivity contribution < 1.29 is 9.59 Å². The molecule has 4 N–H and O–H groups in total. The SMILES string of the molecule is Cc1ccc(NC(=O)CC(NC(N)=O)c2ccc(Br)cc2)cc1C. The topological polar surface area (TPSA) is 84.2 Å². The average molecular weight is 390 g/mol. The molecule has 0 aliphatic rings. The Kier molecular flexibility index (Phi) is 5.98. The minimum absolute atomic E-state index is 0.0947. The van der Waals surface area contributed by atoms with Crippen LogP contribution in [0.4, 0.5) is 10.5 Å². The van der Waals surface area contributed by atoms with Crippen molar-refractivity contribution in [3.8, 4) is 0 Å². The number of primary amides is 1. The molecule has 0 heterocycles. The molecule has 0 saturated heterocycles. The predicted octanol–water partition coefficient (Wildman–Crippen LogP) is 3.80. The molecule has 2 rings (SSSR count). The van der Waals surface area contributed by atoms with Gasteiger partial charge in [0.1, 0.15) is 0 Å². The number of nitrogens with two attached hydrogens (primary N) is 1. The van der Waals surface area contributed by atoms with Crippen LogP contribution in [0.5, 0.6) is 0 Å². The van der Waals surface area contributed by atoms with E-state index >= 15 is 0 Å². The van der Waals surface area contributed by atoms with Gasteiger partial charge >= 0.3 is 6.03 Å². The predicted molar refractivity (Wildman–Crippen MR) is 98.8 cm³/mol. The molecule has 0 aliphatic carbocycles. The average Bonchev–Trinajstić information content (AvgIpc) is 2.50. The van der Waals surface area contributed by atoms with E-state index in [1.807, 2.05) is 56.3 Å². The fourth-order valence-corrected chi connectivity index (χ4v) is 2.60. The van der Waals surface area contributed by atoms with Crippen LogP contribution in [0.15, 0.2) is 46.9 Å². The van der Waals surface area contributed by atoms with Crippen molar-refractivity contribution >= 4 is 33.6 Å². The largest absolute Gasteiger partial charge is 0.352 e. The van der Waals surface area contributed by atoms with Crippen LogP contribution >= 0.6 is 15.9 Å². The summed E-state index contributed by atoms with van der Waals surface area (Å²) < 4.78 is 0.920. The third-order valence-electron chi connectivity index (χ3n) is 3.77. The van der Waals surface area contributed by atoms with Crippen molar-refractivity contribution in [1.82, 2.24) is 5.32 Å². The number of nitrogens with one attached hydrogen (secondary N) is 2. The van der Waals surface area contributed by atoms with E-state index in [0.29, 0.717) is 0 Å². The number of hydrogen-bond acceptors (Lipinski definition) is 2. The van der Waals surface area contributed by atoms with E-state index < -0.39 is 12.1 Å². The highest BCUT2D eigenvalue weighted by molar-refractivity contribution is 9.10. The first-order valence-corrected chi connectivity index (χ1v) is 8.33. The Hall–Kier alpha value is -2.34. The lowest BCUT2D eigenvalue weighted by Gasteiger charge is -2.18. The first-order chi connectivity index (χ1) is 11.3. The van der Waals surface area contributed by atoms with Crippen molar-refractivity contribution in [3.05, 3.63) is 63.6 Å². The number of halogens is 1. The monoisotopic (exact) mass is 389 g/mol. The van der Waals surface area contributed by atoms with Crippen LogP contribution in [0.25, 0.3) is 0 Å². The fourth-order valence-electron chi connectivity index (χ4n) is 2.34. The smallest absolute Gasteiger partial charge is 0.312 e. The van der Waals surface area contributed by atoms with Crippen molar-refractivity contribution in [1.29, 1.82) is 0 Å². The summed E-state index contributed by atoms with van der Waals surface area (Å²) >= 11 is 3.36. The summed E-state index contributed by atoms with van der Waals surface area (Å²) in [5.74, 6) is -0.195. The van der Waals surface area contributed by atoms with E-state index in [2.05, 4.69) is 26.6 Å². The Morgan fingerprint density at radius 1 is 1.08 bits per heavy atom. The van der Waals surface area contributed by atoms with Gasteiger partial charge < -0.3 is 16.4 Å². The quantitative estimate of drug-likeness (QED) is 0.726. The lowest BCUT2D eigenvalue weighted by molar-refractivity contribution is -0.116. The van der Waals surface area contributed by atoms with Crippen LogP contribution in [0.3, 0.4) is 0 Å². The normalized spacial score (nSPS) is 11.6. The number of hydrogen-bond donors (Lipinski definition) is 3. The Bertz CT molecular complexity index is 744. The van der Waals surface area contributed by atoms with Gasteiger partial charge in [-0.1, -0.05) is 34.1 Å². The zero-order valence-corrected chi connectivity index (χ0v) is 15.2. The van der Waals surface area contributed by atoms with Crippen LogP contribution in [0.2, 0.25) is 0 Å². The van der Waals surface area contributed by atoms with Gasteiger partial charge in [-0.3, -0.25) is 4.79 Å². The molecule has 0 aliphatic heterocycles. The first kappa shape index (κ1) is 18.0. The minimum Gasteiger partial charge on any atom is -0.352 e.